The highest BCUT2D eigenvalue weighted by molar-refractivity contribution is 5.92. The molecule has 2 aliphatic rings. The predicted molar refractivity (Wildman–Crippen MR) is 113 cm³/mol. The quantitative estimate of drug-likeness (QED) is 0.827. The number of nitrogens with one attached hydrogen (secondary N) is 1. The second-order valence-corrected chi connectivity index (χ2v) is 8.36. The molecule has 0 aromatic heterocycles. The van der Waals surface area contributed by atoms with E-state index >= 15 is 0 Å². The topological polar surface area (TPSA) is 41.6 Å². The molecule has 1 fully saturated rings. The van der Waals surface area contributed by atoms with Crippen LogP contribution in [0.4, 0.5) is 5.69 Å². The van der Waals surface area contributed by atoms with E-state index in [-0.39, 0.29) is 11.8 Å². The average Bonchev–Trinajstić information content (AvgIpc) is 3.16. The van der Waals surface area contributed by atoms with E-state index in [9.17, 15) is 4.79 Å². The highest BCUT2D eigenvalue weighted by atomic mass is 16.5. The number of carbonyl (C=O) groups excluding carboxylic acids is 1. The largest absolute Gasteiger partial charge is 0.493 e. The van der Waals surface area contributed by atoms with Crippen molar-refractivity contribution in [2.45, 2.75) is 45.6 Å². The maximum absolute atomic E-state index is 12.0. The summed E-state index contributed by atoms with van der Waals surface area (Å²) in [7, 11) is 0. The van der Waals surface area contributed by atoms with E-state index in [4.69, 9.17) is 4.74 Å². The van der Waals surface area contributed by atoms with Crippen molar-refractivity contribution in [3.8, 4) is 5.75 Å². The minimum Gasteiger partial charge on any atom is -0.493 e. The fourth-order valence-corrected chi connectivity index (χ4v) is 4.18. The molecular weight excluding hydrogens is 348 g/mol. The van der Waals surface area contributed by atoms with Crippen LogP contribution in [0.5, 0.6) is 5.75 Å². The molecule has 0 atom stereocenters. The van der Waals surface area contributed by atoms with E-state index in [1.807, 2.05) is 19.9 Å². The van der Waals surface area contributed by atoms with Gasteiger partial charge in [-0.25, -0.2) is 0 Å². The summed E-state index contributed by atoms with van der Waals surface area (Å²) in [5.74, 6) is 1.71. The fourth-order valence-electron chi connectivity index (χ4n) is 4.18. The maximum Gasteiger partial charge on any atom is 0.226 e. The number of hydrogen-bond donors (Lipinski definition) is 1. The Morgan fingerprint density at radius 1 is 1.18 bits per heavy atom. The molecule has 2 aliphatic heterocycles. The lowest BCUT2D eigenvalue weighted by Crippen LogP contribution is -2.32. The second-order valence-electron chi connectivity index (χ2n) is 8.36. The van der Waals surface area contributed by atoms with Crippen molar-refractivity contribution < 1.29 is 9.53 Å². The lowest BCUT2D eigenvalue weighted by molar-refractivity contribution is -0.118. The lowest BCUT2D eigenvalue weighted by Gasteiger charge is -2.32. The Morgan fingerprint density at radius 2 is 2.00 bits per heavy atom. The number of ether oxygens (including phenoxy) is 1. The van der Waals surface area contributed by atoms with E-state index in [1.165, 1.54) is 16.7 Å². The molecule has 4 nitrogen and oxygen atoms in total. The first-order valence-electron chi connectivity index (χ1n) is 10.5. The highest BCUT2D eigenvalue weighted by Gasteiger charge is 2.22. The molecule has 0 bridgehead atoms. The number of anilines is 1. The van der Waals surface area contributed by atoms with Crippen LogP contribution >= 0.6 is 0 Å². The van der Waals surface area contributed by atoms with Gasteiger partial charge in [0.2, 0.25) is 5.91 Å². The van der Waals surface area contributed by atoms with Crippen LogP contribution in [0.3, 0.4) is 0 Å². The number of fused-ring (bicyclic) bond motifs is 1. The van der Waals surface area contributed by atoms with Crippen LogP contribution in [0.1, 0.15) is 49.3 Å². The summed E-state index contributed by atoms with van der Waals surface area (Å²) in [6.45, 7) is 7.90. The summed E-state index contributed by atoms with van der Waals surface area (Å²) in [6.07, 6.45) is 3.36. The van der Waals surface area contributed by atoms with Crippen LogP contribution in [-0.4, -0.2) is 30.5 Å². The van der Waals surface area contributed by atoms with E-state index < -0.39 is 0 Å². The van der Waals surface area contributed by atoms with Crippen molar-refractivity contribution in [1.29, 1.82) is 0 Å². The zero-order valence-electron chi connectivity index (χ0n) is 16.9. The third kappa shape index (κ3) is 4.39. The molecule has 1 amide bonds. The van der Waals surface area contributed by atoms with Gasteiger partial charge in [0.25, 0.3) is 0 Å². The molecule has 2 aromatic carbocycles. The Labute approximate surface area is 167 Å². The van der Waals surface area contributed by atoms with Crippen LogP contribution < -0.4 is 10.1 Å². The van der Waals surface area contributed by atoms with Gasteiger partial charge in [-0.05, 0) is 66.7 Å². The number of nitrogens with zero attached hydrogens (tertiary/aromatic N) is 1. The number of rotatable bonds is 5. The molecule has 4 heteroatoms. The Kier molecular flexibility index (Phi) is 5.67. The molecule has 1 saturated heterocycles. The summed E-state index contributed by atoms with van der Waals surface area (Å²) in [4.78, 5) is 14.5. The number of hydrogen-bond acceptors (Lipinski definition) is 3. The minimum absolute atomic E-state index is 0.00215. The molecule has 0 spiro atoms. The van der Waals surface area contributed by atoms with Crippen molar-refractivity contribution in [2.24, 2.45) is 5.92 Å². The van der Waals surface area contributed by atoms with Gasteiger partial charge < -0.3 is 10.1 Å². The van der Waals surface area contributed by atoms with E-state index in [0.717, 1.165) is 56.9 Å². The van der Waals surface area contributed by atoms with Gasteiger partial charge in [-0.15, -0.1) is 0 Å². The molecule has 148 valence electrons. The van der Waals surface area contributed by atoms with Gasteiger partial charge in [-0.2, -0.15) is 0 Å². The third-order valence-electron chi connectivity index (χ3n) is 5.90. The van der Waals surface area contributed by atoms with Crippen LogP contribution in [0.25, 0.3) is 0 Å². The van der Waals surface area contributed by atoms with Gasteiger partial charge in [-0.3, -0.25) is 9.69 Å². The monoisotopic (exact) mass is 378 g/mol. The van der Waals surface area contributed by atoms with Gasteiger partial charge in [0, 0.05) is 24.6 Å². The summed E-state index contributed by atoms with van der Waals surface area (Å²) < 4.78 is 5.61. The first-order chi connectivity index (χ1) is 13.6. The molecule has 0 radical (unpaired) electrons. The van der Waals surface area contributed by atoms with Crippen LogP contribution in [0.2, 0.25) is 0 Å². The SMILES string of the molecule is CC(C)C(=O)Nc1cccc(C2CCN(Cc3ccc4c(c3)CCO4)CC2)c1. The first kappa shape index (κ1) is 19.0. The number of likely N-dealkylation sites (tertiary alicyclic amines) is 1. The smallest absolute Gasteiger partial charge is 0.226 e. The number of benzene rings is 2. The summed E-state index contributed by atoms with van der Waals surface area (Å²) >= 11 is 0. The Balaban J connectivity index is 1.33. The van der Waals surface area contributed by atoms with Gasteiger partial charge in [0.05, 0.1) is 6.61 Å². The van der Waals surface area contributed by atoms with Gasteiger partial charge in [0.1, 0.15) is 5.75 Å². The van der Waals surface area contributed by atoms with Crippen molar-refractivity contribution in [3.05, 3.63) is 59.2 Å². The molecule has 0 aliphatic carbocycles. The Bertz CT molecular complexity index is 838. The zero-order chi connectivity index (χ0) is 19.5. The number of carbonyl (C=O) groups is 1. The molecule has 0 unspecified atom stereocenters. The normalized spacial score (nSPS) is 17.4. The second kappa shape index (κ2) is 8.36. The van der Waals surface area contributed by atoms with Crippen LogP contribution in [0, 0.1) is 5.92 Å². The zero-order valence-corrected chi connectivity index (χ0v) is 16.9. The van der Waals surface area contributed by atoms with Crippen LogP contribution in [-0.2, 0) is 17.8 Å². The van der Waals surface area contributed by atoms with Crippen molar-refractivity contribution in [3.63, 3.8) is 0 Å². The Hall–Kier alpha value is -2.33. The van der Waals surface area contributed by atoms with Crippen molar-refractivity contribution in [2.75, 3.05) is 25.0 Å². The molecule has 0 saturated carbocycles. The molecule has 4 rings (SSSR count). The average molecular weight is 379 g/mol. The van der Waals surface area contributed by atoms with E-state index in [2.05, 4.69) is 46.6 Å². The van der Waals surface area contributed by atoms with Crippen LogP contribution in [0.15, 0.2) is 42.5 Å². The van der Waals surface area contributed by atoms with Gasteiger partial charge in [0.15, 0.2) is 0 Å². The molecule has 1 N–H and O–H groups in total. The highest BCUT2D eigenvalue weighted by Crippen LogP contribution is 2.31. The summed E-state index contributed by atoms with van der Waals surface area (Å²) in [6, 6.07) is 15.0. The number of piperidine rings is 1. The predicted octanol–water partition coefficient (Wildman–Crippen LogP) is 4.60. The molecule has 28 heavy (non-hydrogen) atoms. The van der Waals surface area contributed by atoms with Crippen molar-refractivity contribution in [1.82, 2.24) is 4.90 Å². The molecule has 2 aromatic rings. The lowest BCUT2D eigenvalue weighted by atomic mass is 9.89. The standard InChI is InChI=1S/C24H30N2O2/c1-17(2)24(27)25-22-5-3-4-20(15-22)19-8-11-26(12-9-19)16-18-6-7-23-21(14-18)10-13-28-23/h3-7,14-15,17,19H,8-13,16H2,1-2H3,(H,25,27). The van der Waals surface area contributed by atoms with E-state index in [0.29, 0.717) is 5.92 Å². The van der Waals surface area contributed by atoms with E-state index in [1.54, 1.807) is 0 Å². The summed E-state index contributed by atoms with van der Waals surface area (Å²) in [5, 5.41) is 3.02. The third-order valence-corrected chi connectivity index (χ3v) is 5.90. The Morgan fingerprint density at radius 3 is 2.79 bits per heavy atom. The first-order valence-corrected chi connectivity index (χ1v) is 10.5. The fraction of sp³-hybridized carbons (Fsp3) is 0.458. The van der Waals surface area contributed by atoms with Gasteiger partial charge >= 0.3 is 0 Å². The molecular formula is C24H30N2O2. The maximum atomic E-state index is 12.0. The minimum atomic E-state index is -0.00215. The number of amides is 1. The summed E-state index contributed by atoms with van der Waals surface area (Å²) in [5.41, 5.74) is 5.00. The molecule has 2 heterocycles. The van der Waals surface area contributed by atoms with Gasteiger partial charge in [-0.1, -0.05) is 38.1 Å². The van der Waals surface area contributed by atoms with Crippen molar-refractivity contribution >= 4 is 11.6 Å².